The van der Waals surface area contributed by atoms with E-state index in [-0.39, 0.29) is 24.0 Å². The number of aromatic nitrogens is 2. The molecule has 1 amide bonds. The van der Waals surface area contributed by atoms with Gasteiger partial charge in [0.1, 0.15) is 0 Å². The molecule has 1 aliphatic heterocycles. The number of carbonyl (C=O) groups is 2. The Kier molecular flexibility index (Phi) is 10.1. The van der Waals surface area contributed by atoms with E-state index in [0.29, 0.717) is 53.9 Å². The van der Waals surface area contributed by atoms with Crippen LogP contribution in [0, 0.1) is 17.7 Å². The molecule has 2 N–H and O–H groups in total. The third-order valence-corrected chi connectivity index (χ3v) is 9.73. The van der Waals surface area contributed by atoms with Crippen molar-refractivity contribution in [1.29, 1.82) is 0 Å². The van der Waals surface area contributed by atoms with Gasteiger partial charge < -0.3 is 19.7 Å². The standard InChI is InChI=1S/C35H32FN5O4S2/c1-37-17-6-8-22-14-15-28(26(36)20-22)45-19-7-13-30-31(33(43)44-2)39-35(47-30)41-18-16-23-9-5-10-24(25(23)21-41)32(42)40-34-38-27-11-3-4-12-29(27)46-34/h3-5,9-12,14-15,20,37H,7,13,16-19,21H2,1-2H3,(H,38,40,42). The maximum atomic E-state index is 14.6. The summed E-state index contributed by atoms with van der Waals surface area (Å²) in [5.74, 6) is 4.74. The second-order valence-corrected chi connectivity index (χ2v) is 12.8. The van der Waals surface area contributed by atoms with Crippen LogP contribution in [-0.2, 0) is 24.1 Å². The van der Waals surface area contributed by atoms with E-state index in [2.05, 4.69) is 37.3 Å². The molecular formula is C35H32FN5O4S2. The fraction of sp³-hybridized carbons (Fsp3) is 0.257. The van der Waals surface area contributed by atoms with E-state index in [1.807, 2.05) is 42.5 Å². The van der Waals surface area contributed by atoms with Crippen LogP contribution in [0.15, 0.2) is 60.7 Å². The van der Waals surface area contributed by atoms with E-state index >= 15 is 0 Å². The molecule has 0 aliphatic carbocycles. The van der Waals surface area contributed by atoms with E-state index in [9.17, 15) is 14.0 Å². The number of halogens is 1. The van der Waals surface area contributed by atoms with Crippen LogP contribution < -0.4 is 20.3 Å². The summed E-state index contributed by atoms with van der Waals surface area (Å²) in [7, 11) is 3.13. The molecule has 0 saturated carbocycles. The lowest BCUT2D eigenvalue weighted by molar-refractivity contribution is 0.0593. The molecule has 0 atom stereocenters. The molecule has 3 aromatic carbocycles. The number of methoxy groups -OCH3 is 1. The summed E-state index contributed by atoms with van der Waals surface area (Å²) in [6.45, 7) is 1.91. The van der Waals surface area contributed by atoms with Gasteiger partial charge in [-0.2, -0.15) is 0 Å². The zero-order valence-corrected chi connectivity index (χ0v) is 27.5. The highest BCUT2D eigenvalue weighted by molar-refractivity contribution is 7.22. The van der Waals surface area contributed by atoms with Gasteiger partial charge in [-0.15, -0.1) is 11.3 Å². The molecular weight excluding hydrogens is 638 g/mol. The van der Waals surface area contributed by atoms with Gasteiger partial charge >= 0.3 is 5.97 Å². The number of fused-ring (bicyclic) bond motifs is 2. The van der Waals surface area contributed by atoms with E-state index < -0.39 is 11.8 Å². The number of anilines is 2. The van der Waals surface area contributed by atoms with Crippen LogP contribution in [0.4, 0.5) is 14.7 Å². The van der Waals surface area contributed by atoms with Crippen LogP contribution in [0.1, 0.15) is 48.8 Å². The number of esters is 1. The van der Waals surface area contributed by atoms with Crippen LogP contribution in [-0.4, -0.2) is 55.7 Å². The summed E-state index contributed by atoms with van der Waals surface area (Å²) in [6, 6.07) is 18.2. The van der Waals surface area contributed by atoms with Crippen molar-refractivity contribution >= 4 is 55.0 Å². The van der Waals surface area contributed by atoms with Gasteiger partial charge in [0.05, 0.1) is 30.5 Å². The maximum absolute atomic E-state index is 14.6. The Morgan fingerprint density at radius 3 is 2.77 bits per heavy atom. The summed E-state index contributed by atoms with van der Waals surface area (Å²) < 4.78 is 26.3. The number of ether oxygens (including phenoxy) is 2. The van der Waals surface area contributed by atoms with Crippen molar-refractivity contribution in [1.82, 2.24) is 15.3 Å². The van der Waals surface area contributed by atoms with Crippen LogP contribution in [0.3, 0.4) is 0 Å². The van der Waals surface area contributed by atoms with Crippen molar-refractivity contribution < 1.29 is 23.5 Å². The molecule has 1 aliphatic rings. The Labute approximate surface area is 279 Å². The summed E-state index contributed by atoms with van der Waals surface area (Å²) >= 11 is 2.85. The fourth-order valence-electron chi connectivity index (χ4n) is 5.29. The second kappa shape index (κ2) is 14.7. The molecule has 2 aromatic heterocycles. The van der Waals surface area contributed by atoms with Gasteiger partial charge in [0, 0.05) is 29.1 Å². The number of hydrogen-bond acceptors (Lipinski definition) is 10. The number of aryl methyl sites for hydroxylation is 1. The third-order valence-electron chi connectivity index (χ3n) is 7.60. The SMILES string of the molecule is CNCC#Cc1ccc(OCCCc2sc(N3CCc4cccc(C(=O)Nc5nc6ccccc6s5)c4C3)nc2C(=O)OC)c(F)c1. The highest BCUT2D eigenvalue weighted by atomic mass is 32.1. The fourth-order valence-corrected chi connectivity index (χ4v) is 7.27. The molecule has 0 radical (unpaired) electrons. The van der Waals surface area contributed by atoms with E-state index in [1.54, 1.807) is 19.2 Å². The van der Waals surface area contributed by atoms with Crippen molar-refractivity contribution in [3.63, 3.8) is 0 Å². The molecule has 6 rings (SSSR count). The first kappa shape index (κ1) is 32.1. The lowest BCUT2D eigenvalue weighted by atomic mass is 9.94. The predicted molar refractivity (Wildman–Crippen MR) is 183 cm³/mol. The Balaban J connectivity index is 1.13. The Bertz CT molecular complexity index is 1960. The summed E-state index contributed by atoms with van der Waals surface area (Å²) in [5, 5.41) is 7.12. The molecule has 5 aromatic rings. The van der Waals surface area contributed by atoms with E-state index in [0.717, 1.165) is 32.6 Å². The van der Waals surface area contributed by atoms with Crippen LogP contribution in [0.25, 0.3) is 10.2 Å². The average molecular weight is 670 g/mol. The molecule has 47 heavy (non-hydrogen) atoms. The Morgan fingerprint density at radius 2 is 1.96 bits per heavy atom. The minimum atomic E-state index is -0.516. The van der Waals surface area contributed by atoms with Gasteiger partial charge in [0.2, 0.25) is 0 Å². The van der Waals surface area contributed by atoms with Crippen LogP contribution in [0.5, 0.6) is 5.75 Å². The van der Waals surface area contributed by atoms with Crippen molar-refractivity contribution in [2.75, 3.05) is 44.1 Å². The minimum Gasteiger partial charge on any atom is -0.491 e. The number of carbonyl (C=O) groups excluding carboxylic acids is 2. The quantitative estimate of drug-likeness (QED) is 0.105. The molecule has 0 unspecified atom stereocenters. The summed E-state index contributed by atoms with van der Waals surface area (Å²) in [5.41, 5.74) is 4.28. The molecule has 0 saturated heterocycles. The summed E-state index contributed by atoms with van der Waals surface area (Å²) in [6.07, 6.45) is 1.75. The number of para-hydroxylation sites is 1. The van der Waals surface area contributed by atoms with Crippen LogP contribution >= 0.6 is 22.7 Å². The molecule has 0 fully saturated rings. The normalized spacial score (nSPS) is 12.3. The van der Waals surface area contributed by atoms with Gasteiger partial charge in [0.15, 0.2) is 27.5 Å². The first-order chi connectivity index (χ1) is 22.9. The Hall–Kier alpha value is -4.83. The highest BCUT2D eigenvalue weighted by Gasteiger charge is 2.27. The lowest BCUT2D eigenvalue weighted by Crippen LogP contribution is -2.32. The molecule has 12 heteroatoms. The van der Waals surface area contributed by atoms with Crippen molar-refractivity contribution in [2.45, 2.75) is 25.8 Å². The molecule has 3 heterocycles. The number of benzene rings is 3. The topological polar surface area (TPSA) is 106 Å². The van der Waals surface area contributed by atoms with Crippen LogP contribution in [0.2, 0.25) is 0 Å². The molecule has 0 bridgehead atoms. The highest BCUT2D eigenvalue weighted by Crippen LogP contribution is 2.34. The van der Waals surface area contributed by atoms with Crippen molar-refractivity contribution in [2.24, 2.45) is 0 Å². The van der Waals surface area contributed by atoms with Crippen molar-refractivity contribution in [3.05, 3.63) is 99.3 Å². The minimum absolute atomic E-state index is 0.150. The third kappa shape index (κ3) is 7.44. The maximum Gasteiger partial charge on any atom is 0.357 e. The van der Waals surface area contributed by atoms with Gasteiger partial charge in [-0.05, 0) is 73.8 Å². The lowest BCUT2D eigenvalue weighted by Gasteiger charge is -2.29. The number of thiazole rings is 2. The van der Waals surface area contributed by atoms with E-state index in [1.165, 1.54) is 35.8 Å². The number of hydrogen-bond donors (Lipinski definition) is 2. The van der Waals surface area contributed by atoms with Crippen molar-refractivity contribution in [3.8, 4) is 17.6 Å². The van der Waals surface area contributed by atoms with Gasteiger partial charge in [-0.3, -0.25) is 10.1 Å². The predicted octanol–water partition coefficient (Wildman–Crippen LogP) is 6.08. The summed E-state index contributed by atoms with van der Waals surface area (Å²) in [4.78, 5) is 38.2. The first-order valence-corrected chi connectivity index (χ1v) is 16.7. The van der Waals surface area contributed by atoms with Gasteiger partial charge in [-0.1, -0.05) is 47.4 Å². The molecule has 240 valence electrons. The smallest absolute Gasteiger partial charge is 0.357 e. The number of rotatable bonds is 10. The zero-order valence-electron chi connectivity index (χ0n) is 25.9. The first-order valence-electron chi connectivity index (χ1n) is 15.1. The second-order valence-electron chi connectivity index (χ2n) is 10.7. The zero-order chi connectivity index (χ0) is 32.8. The van der Waals surface area contributed by atoms with Gasteiger partial charge in [0.25, 0.3) is 5.91 Å². The monoisotopic (exact) mass is 669 g/mol. The largest absolute Gasteiger partial charge is 0.491 e. The Morgan fingerprint density at radius 1 is 1.09 bits per heavy atom. The number of amides is 1. The molecule has 9 nitrogen and oxygen atoms in total. The molecule has 0 spiro atoms. The average Bonchev–Trinajstić information content (AvgIpc) is 3.70. The number of nitrogens with zero attached hydrogens (tertiary/aromatic N) is 3. The number of nitrogens with one attached hydrogen (secondary N) is 2. The van der Waals surface area contributed by atoms with Gasteiger partial charge in [-0.25, -0.2) is 19.2 Å². The van der Waals surface area contributed by atoms with E-state index in [4.69, 9.17) is 9.47 Å².